The maximum absolute atomic E-state index is 13.0. The van der Waals surface area contributed by atoms with Crippen LogP contribution >= 0.6 is 0 Å². The molecule has 2 aromatic heterocycles. The lowest BCUT2D eigenvalue weighted by atomic mass is 10.1. The minimum atomic E-state index is 0.0629. The number of benzene rings is 1. The van der Waals surface area contributed by atoms with Crippen molar-refractivity contribution in [1.29, 1.82) is 0 Å². The number of amides is 1. The van der Waals surface area contributed by atoms with E-state index < -0.39 is 0 Å². The molecule has 32 heavy (non-hydrogen) atoms. The molecule has 0 bridgehead atoms. The molecule has 2 unspecified atom stereocenters. The smallest absolute Gasteiger partial charge is 0.254 e. The number of piperazine rings is 1. The van der Waals surface area contributed by atoms with Gasteiger partial charge in [-0.1, -0.05) is 0 Å². The van der Waals surface area contributed by atoms with E-state index in [-0.39, 0.29) is 18.0 Å². The summed E-state index contributed by atoms with van der Waals surface area (Å²) in [4.78, 5) is 28.4. The van der Waals surface area contributed by atoms with Gasteiger partial charge in [0.15, 0.2) is 0 Å². The van der Waals surface area contributed by atoms with Crippen molar-refractivity contribution in [2.45, 2.75) is 52.7 Å². The molecule has 4 rings (SSSR count). The van der Waals surface area contributed by atoms with Crippen molar-refractivity contribution < 1.29 is 4.79 Å². The summed E-state index contributed by atoms with van der Waals surface area (Å²) in [5.41, 5.74) is 3.28. The zero-order valence-corrected chi connectivity index (χ0v) is 19.3. The molecule has 0 radical (unpaired) electrons. The molecule has 1 aliphatic rings. The molecule has 8 nitrogen and oxygen atoms in total. The largest absolute Gasteiger partial charge is 0.333 e. The Hall–Kier alpha value is -3.26. The molecule has 1 fully saturated rings. The van der Waals surface area contributed by atoms with Crippen molar-refractivity contribution in [3.05, 3.63) is 54.1 Å². The standard InChI is InChI=1S/C24H31N7O/c1-15(2)31-18(5)27-13-22(31)21-10-11-25-24(29-21)28-20-8-6-19(7-9-20)23(32)30-14-16(3)26-12-17(30)4/h6-11,13,15-17,26H,12,14H2,1-5H3,(H,25,28,29). The van der Waals surface area contributed by atoms with E-state index in [9.17, 15) is 4.79 Å². The van der Waals surface area contributed by atoms with Crippen LogP contribution in [0, 0.1) is 6.92 Å². The second-order valence-corrected chi connectivity index (χ2v) is 8.74. The van der Waals surface area contributed by atoms with Gasteiger partial charge in [0.25, 0.3) is 5.91 Å². The van der Waals surface area contributed by atoms with Gasteiger partial charge in [0, 0.05) is 48.7 Å². The molecule has 2 atom stereocenters. The molecule has 1 saturated heterocycles. The van der Waals surface area contributed by atoms with Crippen LogP contribution in [0.2, 0.25) is 0 Å². The molecule has 0 spiro atoms. The van der Waals surface area contributed by atoms with Crippen LogP contribution in [-0.4, -0.2) is 55.5 Å². The number of aryl methyl sites for hydroxylation is 1. The number of carbonyl (C=O) groups is 1. The van der Waals surface area contributed by atoms with E-state index >= 15 is 0 Å². The van der Waals surface area contributed by atoms with Gasteiger partial charge in [-0.3, -0.25) is 4.79 Å². The lowest BCUT2D eigenvalue weighted by molar-refractivity contribution is 0.0616. The highest BCUT2D eigenvalue weighted by atomic mass is 16.2. The molecule has 8 heteroatoms. The average Bonchev–Trinajstić information content (AvgIpc) is 3.17. The van der Waals surface area contributed by atoms with Gasteiger partial charge < -0.3 is 20.1 Å². The Morgan fingerprint density at radius 3 is 2.62 bits per heavy atom. The van der Waals surface area contributed by atoms with Crippen molar-refractivity contribution in [3.8, 4) is 11.4 Å². The molecule has 1 aromatic carbocycles. The first kappa shape index (κ1) is 22.0. The van der Waals surface area contributed by atoms with E-state index in [0.717, 1.165) is 29.4 Å². The van der Waals surface area contributed by atoms with E-state index in [0.29, 0.717) is 24.1 Å². The Morgan fingerprint density at radius 2 is 1.91 bits per heavy atom. The van der Waals surface area contributed by atoms with E-state index in [2.05, 4.69) is 57.8 Å². The van der Waals surface area contributed by atoms with Crippen molar-refractivity contribution in [3.63, 3.8) is 0 Å². The van der Waals surface area contributed by atoms with Crippen molar-refractivity contribution in [2.24, 2.45) is 0 Å². The number of aromatic nitrogens is 4. The highest BCUT2D eigenvalue weighted by Crippen LogP contribution is 2.24. The molecule has 2 N–H and O–H groups in total. The highest BCUT2D eigenvalue weighted by molar-refractivity contribution is 5.95. The fourth-order valence-electron chi connectivity index (χ4n) is 4.15. The molecule has 1 aliphatic heterocycles. The topological polar surface area (TPSA) is 88.0 Å². The number of carbonyl (C=O) groups excluding carboxylic acids is 1. The lowest BCUT2D eigenvalue weighted by Gasteiger charge is -2.37. The summed E-state index contributed by atoms with van der Waals surface area (Å²) in [7, 11) is 0. The quantitative estimate of drug-likeness (QED) is 0.636. The molecular weight excluding hydrogens is 402 g/mol. The molecule has 168 valence electrons. The van der Waals surface area contributed by atoms with Crippen molar-refractivity contribution >= 4 is 17.5 Å². The first-order chi connectivity index (χ1) is 15.3. The first-order valence-electron chi connectivity index (χ1n) is 11.1. The summed E-state index contributed by atoms with van der Waals surface area (Å²) in [6, 6.07) is 10.1. The van der Waals surface area contributed by atoms with Crippen LogP contribution < -0.4 is 10.6 Å². The Kier molecular flexibility index (Phi) is 6.23. The Balaban J connectivity index is 1.50. The van der Waals surface area contributed by atoms with Gasteiger partial charge in [-0.05, 0) is 65.0 Å². The van der Waals surface area contributed by atoms with Crippen LogP contribution in [0.4, 0.5) is 11.6 Å². The van der Waals surface area contributed by atoms with Crippen molar-refractivity contribution in [1.82, 2.24) is 29.7 Å². The molecule has 0 saturated carbocycles. The third-order valence-electron chi connectivity index (χ3n) is 5.83. The number of nitrogens with one attached hydrogen (secondary N) is 2. The predicted molar refractivity (Wildman–Crippen MR) is 126 cm³/mol. The van der Waals surface area contributed by atoms with E-state index in [1.165, 1.54) is 0 Å². The van der Waals surface area contributed by atoms with Crippen LogP contribution in [0.15, 0.2) is 42.7 Å². The second kappa shape index (κ2) is 9.08. The predicted octanol–water partition coefficient (Wildman–Crippen LogP) is 3.80. The van der Waals surface area contributed by atoms with Crippen molar-refractivity contribution in [2.75, 3.05) is 18.4 Å². The van der Waals surface area contributed by atoms with E-state index in [1.807, 2.05) is 48.4 Å². The van der Waals surface area contributed by atoms with Gasteiger partial charge in [0.1, 0.15) is 5.82 Å². The SMILES string of the molecule is Cc1ncc(-c2ccnc(Nc3ccc(C(=O)N4CC(C)NCC4C)cc3)n2)n1C(C)C. The minimum Gasteiger partial charge on any atom is -0.333 e. The molecule has 1 amide bonds. The lowest BCUT2D eigenvalue weighted by Crippen LogP contribution is -2.56. The highest BCUT2D eigenvalue weighted by Gasteiger charge is 2.27. The summed E-state index contributed by atoms with van der Waals surface area (Å²) in [6.07, 6.45) is 3.59. The van der Waals surface area contributed by atoms with Crippen LogP contribution in [0.1, 0.15) is 49.9 Å². The molecule has 3 heterocycles. The number of hydrogen-bond donors (Lipinski definition) is 2. The Bertz CT molecular complexity index is 1090. The number of imidazole rings is 1. The fraction of sp³-hybridized carbons (Fsp3) is 0.417. The average molecular weight is 434 g/mol. The number of anilines is 2. The van der Waals surface area contributed by atoms with Gasteiger partial charge in [-0.25, -0.2) is 15.0 Å². The van der Waals surface area contributed by atoms with Gasteiger partial charge in [-0.2, -0.15) is 0 Å². The normalized spacial score (nSPS) is 18.8. The van der Waals surface area contributed by atoms with Crippen LogP contribution in [0.25, 0.3) is 11.4 Å². The van der Waals surface area contributed by atoms with Gasteiger partial charge in [0.2, 0.25) is 5.95 Å². The summed E-state index contributed by atoms with van der Waals surface area (Å²) < 4.78 is 2.16. The third-order valence-corrected chi connectivity index (χ3v) is 5.83. The minimum absolute atomic E-state index is 0.0629. The third kappa shape index (κ3) is 4.50. The zero-order valence-electron chi connectivity index (χ0n) is 19.3. The summed E-state index contributed by atoms with van der Waals surface area (Å²) in [6.45, 7) is 12.0. The van der Waals surface area contributed by atoms with E-state index in [4.69, 9.17) is 0 Å². The first-order valence-corrected chi connectivity index (χ1v) is 11.1. The summed E-state index contributed by atoms with van der Waals surface area (Å²) in [5.74, 6) is 1.52. The monoisotopic (exact) mass is 433 g/mol. The fourth-order valence-corrected chi connectivity index (χ4v) is 4.15. The zero-order chi connectivity index (χ0) is 22.8. The maximum atomic E-state index is 13.0. The van der Waals surface area contributed by atoms with E-state index in [1.54, 1.807) is 6.20 Å². The number of hydrogen-bond acceptors (Lipinski definition) is 6. The molecular formula is C24H31N7O. The Labute approximate surface area is 189 Å². The Morgan fingerprint density at radius 1 is 1.16 bits per heavy atom. The number of nitrogens with zero attached hydrogens (tertiary/aromatic N) is 5. The summed E-state index contributed by atoms with van der Waals surface area (Å²) >= 11 is 0. The summed E-state index contributed by atoms with van der Waals surface area (Å²) in [5, 5.41) is 6.65. The molecule has 3 aromatic rings. The van der Waals surface area contributed by atoms with Crippen LogP contribution in [0.3, 0.4) is 0 Å². The molecule has 0 aliphatic carbocycles. The van der Waals surface area contributed by atoms with Gasteiger partial charge in [-0.15, -0.1) is 0 Å². The van der Waals surface area contributed by atoms with Crippen LogP contribution in [-0.2, 0) is 0 Å². The number of rotatable bonds is 5. The maximum Gasteiger partial charge on any atom is 0.254 e. The van der Waals surface area contributed by atoms with Gasteiger partial charge >= 0.3 is 0 Å². The van der Waals surface area contributed by atoms with Crippen LogP contribution in [0.5, 0.6) is 0 Å². The second-order valence-electron chi connectivity index (χ2n) is 8.74. The van der Waals surface area contributed by atoms with Gasteiger partial charge in [0.05, 0.1) is 17.6 Å².